The van der Waals surface area contributed by atoms with Crippen molar-refractivity contribution in [2.45, 2.75) is 178 Å². The van der Waals surface area contributed by atoms with Crippen LogP contribution in [0.1, 0.15) is 100 Å². The zero-order valence-corrected chi connectivity index (χ0v) is 56.9. The molecule has 9 N–H and O–H groups in total. The number of hydrogen-bond acceptors (Lipinski definition) is 31. The Morgan fingerprint density at radius 2 is 0.703 bits per heavy atom. The number of piperidine rings is 4. The quantitative estimate of drug-likeness (QED) is 0.0298. The highest BCUT2D eigenvalue weighted by Crippen LogP contribution is 2.35. The van der Waals surface area contributed by atoms with E-state index in [1.54, 1.807) is 40.9 Å². The molecular weight excluding hydrogens is 1440 g/mol. The van der Waals surface area contributed by atoms with Gasteiger partial charge < -0.3 is 36.2 Å². The van der Waals surface area contributed by atoms with Crippen LogP contribution >= 0.6 is 0 Å². The van der Waals surface area contributed by atoms with Gasteiger partial charge in [-0.1, -0.05) is 27.8 Å². The Labute approximate surface area is 574 Å². The van der Waals surface area contributed by atoms with E-state index in [1.807, 2.05) is 19.3 Å². The van der Waals surface area contributed by atoms with Crippen LogP contribution in [0, 0.1) is 0 Å². The number of amides is 8. The number of fused-ring (bicyclic) bond motifs is 8. The lowest BCUT2D eigenvalue weighted by Gasteiger charge is -2.30. The Kier molecular flexibility index (Phi) is 27.8. The lowest BCUT2D eigenvalue weighted by atomic mass is 10.0. The van der Waals surface area contributed by atoms with Crippen molar-refractivity contribution in [3.63, 3.8) is 0 Å². The molecule has 12 rings (SSSR count). The summed E-state index contributed by atoms with van der Waals surface area (Å²) >= 11 is 0. The first-order valence-corrected chi connectivity index (χ1v) is 36.4. The predicted molar refractivity (Wildman–Crippen MR) is 324 cm³/mol. The van der Waals surface area contributed by atoms with E-state index in [2.05, 4.69) is 58.4 Å². The van der Waals surface area contributed by atoms with Crippen molar-refractivity contribution in [3.8, 4) is 0 Å². The monoisotopic (exact) mass is 1510 g/mol. The molecule has 0 aromatic carbocycles. The van der Waals surface area contributed by atoms with Crippen LogP contribution in [-0.2, 0) is 135 Å². The van der Waals surface area contributed by atoms with Gasteiger partial charge in [-0.05, 0) is 96.6 Å². The molecule has 101 heavy (non-hydrogen) atoms. The lowest BCUT2D eigenvalue weighted by molar-refractivity contribution is -0.193. The van der Waals surface area contributed by atoms with Crippen molar-refractivity contribution < 1.29 is 117 Å². The van der Waals surface area contributed by atoms with Crippen LogP contribution in [0.25, 0.3) is 0 Å². The number of rotatable bonds is 26. The molecule has 0 saturated carbocycles. The van der Waals surface area contributed by atoms with E-state index < -0.39 is 77.7 Å². The summed E-state index contributed by atoms with van der Waals surface area (Å²) in [7, 11) is -18.9. The zero-order valence-electron chi connectivity index (χ0n) is 53.6. The third-order valence-corrected chi connectivity index (χ3v) is 18.0. The second-order valence-electron chi connectivity index (χ2n) is 23.5. The summed E-state index contributed by atoms with van der Waals surface area (Å²) < 4.78 is 146. The number of carbonyl (C=O) groups excluding carboxylic acids is 8. The van der Waals surface area contributed by atoms with Gasteiger partial charge in [-0.25, -0.2) is 19.2 Å². The number of carbonyl (C=O) groups is 5. The first-order valence-electron chi connectivity index (χ1n) is 30.9. The first-order chi connectivity index (χ1) is 47.7. The van der Waals surface area contributed by atoms with Crippen LogP contribution < -0.4 is 11.5 Å². The molecule has 8 aliphatic heterocycles. The average molecular weight is 1520 g/mol. The van der Waals surface area contributed by atoms with Gasteiger partial charge in [0.2, 0.25) is 0 Å². The summed E-state index contributed by atoms with van der Waals surface area (Å²) in [6, 6.07) is -4.45. The Morgan fingerprint density at radius 3 is 0.941 bits per heavy atom. The molecule has 8 saturated heterocycles. The molecule has 8 amide bonds. The Hall–Kier alpha value is -8.73. The lowest BCUT2D eigenvalue weighted by Crippen LogP contribution is -2.42. The number of carboxylic acids is 1. The fourth-order valence-corrected chi connectivity index (χ4v) is 13.9. The molecular formula is C49H74N22O26S4. The third kappa shape index (κ3) is 22.9. The SMILES string of the molecule is CCc1cn(CC2CCC3CN2C(=O)N3OS(=O)(=O)O)nn1.NCCCc1cn(CC2CCC3CN2C(=O)N3OS(=O)(=O)O)nn1.NCCc1cn(CC2CCC3CN2C(=O)N3OS(=O)(=O)O)nn1.O=C(O)CCCc1cn(CC2CCC3CN2C(=O)N3OS(=O)(=O)O)nn1.O=C=O.O=C=O. The van der Waals surface area contributed by atoms with E-state index in [9.17, 15) is 57.6 Å². The molecule has 0 aliphatic carbocycles. The minimum atomic E-state index is -4.76. The van der Waals surface area contributed by atoms with Crippen molar-refractivity contribution in [2.24, 2.45) is 11.5 Å². The zero-order chi connectivity index (χ0) is 74.1. The molecule has 8 fully saturated rings. The molecule has 4 aromatic rings. The molecule has 0 radical (unpaired) electrons. The van der Waals surface area contributed by atoms with Crippen molar-refractivity contribution in [1.29, 1.82) is 0 Å². The maximum atomic E-state index is 12.3. The van der Waals surface area contributed by atoms with Crippen molar-refractivity contribution in [3.05, 3.63) is 47.6 Å². The van der Waals surface area contributed by atoms with Gasteiger partial charge >= 0.3 is 84.0 Å². The summed E-state index contributed by atoms with van der Waals surface area (Å²) in [5.74, 6) is -0.863. The number of hydroxylamine groups is 8. The maximum Gasteiger partial charge on any atom is 0.418 e. The average Bonchev–Trinajstić information content (AvgIpc) is 1.64. The second-order valence-corrected chi connectivity index (χ2v) is 27.5. The maximum absolute atomic E-state index is 12.3. The van der Waals surface area contributed by atoms with Gasteiger partial charge in [-0.2, -0.15) is 73.1 Å². The summed E-state index contributed by atoms with van der Waals surface area (Å²) in [5, 5.41) is 43.7. The highest BCUT2D eigenvalue weighted by Gasteiger charge is 2.51. The molecule has 8 atom stereocenters. The van der Waals surface area contributed by atoms with E-state index in [4.69, 9.17) is 54.0 Å². The second kappa shape index (κ2) is 35.2. The molecule has 12 heterocycles. The molecule has 560 valence electrons. The minimum Gasteiger partial charge on any atom is -0.481 e. The summed E-state index contributed by atoms with van der Waals surface area (Å²) in [4.78, 5) is 98.3. The van der Waals surface area contributed by atoms with Gasteiger partial charge in [0.15, 0.2) is 0 Å². The fraction of sp³-hybridized carbons (Fsp3) is 0.694. The summed E-state index contributed by atoms with van der Waals surface area (Å²) in [6.07, 6.45) is 16.6. The number of aliphatic carboxylic acids is 1. The smallest absolute Gasteiger partial charge is 0.418 e. The van der Waals surface area contributed by atoms with Gasteiger partial charge in [-0.3, -0.25) is 41.7 Å². The van der Waals surface area contributed by atoms with E-state index in [1.165, 1.54) is 9.80 Å². The Morgan fingerprint density at radius 1 is 0.446 bits per heavy atom. The third-order valence-electron chi connectivity index (χ3n) is 16.6. The van der Waals surface area contributed by atoms with Crippen molar-refractivity contribution >= 4 is 84.0 Å². The largest absolute Gasteiger partial charge is 0.481 e. The standard InChI is InChI=1S/C13H19N5O7S.C12H20N6O5S.C11H18N6O5S.C11H17N5O5S.2CO2/c19-12(20)3-1-2-9-6-16(15-14-9)7-10-4-5-11-8-17(10)13(21)18(11)25-26(22,23)24;13-5-1-2-9-6-16(15-14-9)7-10-3-4-11-8-17(10)12(19)18(11)23-24(20,21)22;12-4-3-8-5-15(14-13-8)6-9-1-2-10-7-16(9)11(18)17(10)22-23(19,20)21;1-2-8-5-14(13-12-8)6-9-3-4-10-7-15(9)11(17)16(10)21-22(18,19)20;2*2-1-3/h6,10-11H,1-5,7-8H2,(H,19,20)(H,22,23,24);6,10-11H,1-5,7-8,13H2,(H,20,21,22);5,9-10H,1-4,6-7,12H2,(H,19,20,21);5,9-10H,2-4,6-7H2,1H3,(H,18,19,20);;. The van der Waals surface area contributed by atoms with Gasteiger partial charge in [-0.15, -0.1) is 37.5 Å². The van der Waals surface area contributed by atoms with Gasteiger partial charge in [0.25, 0.3) is 0 Å². The van der Waals surface area contributed by atoms with Crippen LogP contribution in [0.15, 0.2) is 24.8 Å². The molecule has 8 unspecified atom stereocenters. The molecule has 8 bridgehead atoms. The molecule has 52 heteroatoms. The first kappa shape index (κ1) is 79.6. The van der Waals surface area contributed by atoms with Crippen LogP contribution in [0.5, 0.6) is 0 Å². The topological polar surface area (TPSA) is 629 Å². The van der Waals surface area contributed by atoms with Crippen molar-refractivity contribution in [2.75, 3.05) is 39.3 Å². The number of aromatic nitrogens is 12. The number of nitrogens with two attached hydrogens (primary N) is 2. The Balaban J connectivity index is 0.000000184. The van der Waals surface area contributed by atoms with Crippen molar-refractivity contribution in [1.82, 2.24) is 99.8 Å². The molecule has 8 aliphatic rings. The van der Waals surface area contributed by atoms with Crippen LogP contribution in [0.2, 0.25) is 0 Å². The molecule has 48 nitrogen and oxygen atoms in total. The van der Waals surface area contributed by atoms with Crippen LogP contribution in [-0.4, -0.2) is 287 Å². The number of carboxylic acid groups (broad SMARTS) is 1. The van der Waals surface area contributed by atoms with E-state index in [0.717, 1.165) is 51.5 Å². The van der Waals surface area contributed by atoms with Gasteiger partial charge in [0, 0.05) is 63.8 Å². The summed E-state index contributed by atoms with van der Waals surface area (Å²) in [5.41, 5.74) is 14.1. The number of urea groups is 4. The van der Waals surface area contributed by atoms with Crippen LogP contribution in [0.3, 0.4) is 0 Å². The van der Waals surface area contributed by atoms with Crippen LogP contribution in [0.4, 0.5) is 19.2 Å². The highest BCUT2D eigenvalue weighted by atomic mass is 32.3. The van der Waals surface area contributed by atoms with E-state index in [0.29, 0.717) is 147 Å². The number of nitrogens with zero attached hydrogens (tertiary/aromatic N) is 20. The predicted octanol–water partition coefficient (Wildman–Crippen LogP) is -3.68. The highest BCUT2D eigenvalue weighted by molar-refractivity contribution is 7.81. The van der Waals surface area contributed by atoms with E-state index in [-0.39, 0.29) is 61.0 Å². The summed E-state index contributed by atoms with van der Waals surface area (Å²) in [6.45, 7) is 6.22. The normalized spacial score (nSPS) is 22.8. The fourth-order valence-electron chi connectivity index (χ4n) is 12.3. The number of aryl methyl sites for hydroxylation is 3. The molecule has 4 aromatic heterocycles. The Bertz CT molecular complexity index is 4040. The number of hydrogen-bond donors (Lipinski definition) is 7. The van der Waals surface area contributed by atoms with Gasteiger partial charge in [0.05, 0.1) is 97.3 Å². The molecule has 0 spiro atoms. The van der Waals surface area contributed by atoms with Gasteiger partial charge in [0.1, 0.15) is 0 Å². The minimum absolute atomic E-state index is 0.0583. The van der Waals surface area contributed by atoms with E-state index >= 15 is 0 Å².